The summed E-state index contributed by atoms with van der Waals surface area (Å²) in [5.74, 6) is -0.927. The van der Waals surface area contributed by atoms with Crippen LogP contribution < -0.4 is 10.2 Å². The van der Waals surface area contributed by atoms with Crippen LogP contribution >= 0.6 is 0 Å². The average Bonchev–Trinajstić information content (AvgIpc) is 3.20. The molecule has 1 atom stereocenters. The first-order valence-electron chi connectivity index (χ1n) is 10.1. The minimum absolute atomic E-state index is 0.108. The highest BCUT2D eigenvalue weighted by Gasteiger charge is 2.34. The highest BCUT2D eigenvalue weighted by atomic mass is 19.4. The van der Waals surface area contributed by atoms with Gasteiger partial charge in [0, 0.05) is 30.5 Å². The van der Waals surface area contributed by atoms with Gasteiger partial charge in [-0.05, 0) is 55.8 Å². The van der Waals surface area contributed by atoms with Gasteiger partial charge < -0.3 is 10.2 Å². The highest BCUT2D eigenvalue weighted by molar-refractivity contribution is 6.05. The van der Waals surface area contributed by atoms with Crippen LogP contribution in [0.15, 0.2) is 42.5 Å². The summed E-state index contributed by atoms with van der Waals surface area (Å²) >= 11 is 0. The molecule has 3 rings (SSSR count). The number of likely N-dealkylation sites (tertiary alicyclic amines) is 1. The molecule has 2 aromatic carbocycles. The summed E-state index contributed by atoms with van der Waals surface area (Å²) in [5, 5.41) is 2.27. The molecule has 0 aromatic heterocycles. The molecule has 1 amide bonds. The van der Waals surface area contributed by atoms with Gasteiger partial charge in [0.2, 0.25) is 0 Å². The summed E-state index contributed by atoms with van der Waals surface area (Å²) in [5.41, 5.74) is -2.22. The fraction of sp³-hybridized carbons (Fsp3) is 0.409. The molecule has 1 fully saturated rings. The van der Waals surface area contributed by atoms with Gasteiger partial charge in [-0.15, -0.1) is 0 Å². The third-order valence-electron chi connectivity index (χ3n) is 5.54. The zero-order chi connectivity index (χ0) is 23.7. The molecule has 0 unspecified atom stereocenters. The minimum atomic E-state index is -4.69. The molecule has 1 N–H and O–H groups in total. The Morgan fingerprint density at radius 1 is 1.06 bits per heavy atom. The van der Waals surface area contributed by atoms with E-state index < -0.39 is 29.4 Å². The van der Waals surface area contributed by atoms with Crippen LogP contribution in [0.3, 0.4) is 0 Å². The van der Waals surface area contributed by atoms with Gasteiger partial charge in [-0.1, -0.05) is 13.0 Å². The second kappa shape index (κ2) is 9.01. The minimum Gasteiger partial charge on any atom is -0.359 e. The molecule has 0 radical (unpaired) electrons. The number of benzene rings is 2. The molecule has 1 aliphatic heterocycles. The van der Waals surface area contributed by atoms with Crippen LogP contribution in [-0.4, -0.2) is 37.1 Å². The summed E-state index contributed by atoms with van der Waals surface area (Å²) in [6.07, 6.45) is -7.73. The second-order valence-electron chi connectivity index (χ2n) is 7.66. The van der Waals surface area contributed by atoms with Gasteiger partial charge in [0.05, 0.1) is 17.3 Å². The van der Waals surface area contributed by atoms with Gasteiger partial charge in [-0.25, -0.2) is 0 Å². The van der Waals surface area contributed by atoms with Crippen molar-refractivity contribution < 1.29 is 31.1 Å². The van der Waals surface area contributed by atoms with Crippen molar-refractivity contribution in [2.24, 2.45) is 0 Å². The van der Waals surface area contributed by atoms with Crippen molar-refractivity contribution in [1.82, 2.24) is 4.90 Å². The van der Waals surface area contributed by atoms with E-state index in [0.717, 1.165) is 50.2 Å². The molecule has 4 nitrogen and oxygen atoms in total. The first kappa shape index (κ1) is 23.9. The molecule has 10 heteroatoms. The molecule has 0 spiro atoms. The standard InChI is InChI=1S/C22H23F6N3O/c1-3-31-9-5-8-19(31)30(2)18-11-14(10-16(13-18)22(26,27)28)20(32)29-17-7-4-6-15(12-17)21(23,24)25/h4,6-7,10-13,19H,3,5,8-9H2,1-2H3,(H,29,32)/t19-/m1/s1. The van der Waals surface area contributed by atoms with Crippen LogP contribution in [0.4, 0.5) is 37.7 Å². The van der Waals surface area contributed by atoms with E-state index in [1.165, 1.54) is 12.1 Å². The molecular formula is C22H23F6N3O. The zero-order valence-corrected chi connectivity index (χ0v) is 17.5. The number of nitrogens with zero attached hydrogens (tertiary/aromatic N) is 2. The smallest absolute Gasteiger partial charge is 0.359 e. The van der Waals surface area contributed by atoms with Gasteiger partial charge in [-0.2, -0.15) is 26.3 Å². The van der Waals surface area contributed by atoms with Gasteiger partial charge in [0.15, 0.2) is 0 Å². The van der Waals surface area contributed by atoms with Crippen LogP contribution in [0.25, 0.3) is 0 Å². The highest BCUT2D eigenvalue weighted by Crippen LogP contribution is 2.35. The number of rotatable bonds is 5. The maximum Gasteiger partial charge on any atom is 0.416 e. The van der Waals surface area contributed by atoms with Crippen LogP contribution in [-0.2, 0) is 12.4 Å². The van der Waals surface area contributed by atoms with E-state index in [2.05, 4.69) is 10.2 Å². The van der Waals surface area contributed by atoms with E-state index in [1.54, 1.807) is 11.9 Å². The Hall–Kier alpha value is -2.75. The van der Waals surface area contributed by atoms with Crippen molar-refractivity contribution in [3.8, 4) is 0 Å². The molecule has 2 aromatic rings. The molecule has 0 saturated carbocycles. The second-order valence-corrected chi connectivity index (χ2v) is 7.66. The lowest BCUT2D eigenvalue weighted by molar-refractivity contribution is -0.138. The number of amides is 1. The largest absolute Gasteiger partial charge is 0.416 e. The fourth-order valence-corrected chi connectivity index (χ4v) is 3.87. The van der Waals surface area contributed by atoms with Gasteiger partial charge >= 0.3 is 12.4 Å². The third-order valence-corrected chi connectivity index (χ3v) is 5.54. The normalized spacial score (nSPS) is 17.4. The van der Waals surface area contributed by atoms with Gasteiger partial charge in [0.1, 0.15) is 0 Å². The molecule has 1 saturated heterocycles. The van der Waals surface area contributed by atoms with Gasteiger partial charge in [0.25, 0.3) is 5.91 Å². The van der Waals surface area contributed by atoms with E-state index in [0.29, 0.717) is 6.07 Å². The van der Waals surface area contributed by atoms with Crippen molar-refractivity contribution in [2.45, 2.75) is 38.3 Å². The van der Waals surface area contributed by atoms with Crippen molar-refractivity contribution in [1.29, 1.82) is 0 Å². The number of carbonyl (C=O) groups is 1. The van der Waals surface area contributed by atoms with Crippen LogP contribution in [0, 0.1) is 0 Å². The first-order valence-corrected chi connectivity index (χ1v) is 10.1. The lowest BCUT2D eigenvalue weighted by Crippen LogP contribution is -2.42. The molecule has 0 aliphatic carbocycles. The Morgan fingerprint density at radius 2 is 1.75 bits per heavy atom. The van der Waals surface area contributed by atoms with Crippen LogP contribution in [0.1, 0.15) is 41.3 Å². The Bertz CT molecular complexity index is 973. The maximum atomic E-state index is 13.5. The van der Waals surface area contributed by atoms with Crippen molar-refractivity contribution >= 4 is 17.3 Å². The van der Waals surface area contributed by atoms with Crippen molar-refractivity contribution in [2.75, 3.05) is 30.4 Å². The molecule has 174 valence electrons. The topological polar surface area (TPSA) is 35.6 Å². The van der Waals surface area contributed by atoms with E-state index in [9.17, 15) is 31.1 Å². The van der Waals surface area contributed by atoms with E-state index >= 15 is 0 Å². The Morgan fingerprint density at radius 3 is 2.38 bits per heavy atom. The first-order chi connectivity index (χ1) is 14.9. The number of alkyl halides is 6. The van der Waals surface area contributed by atoms with Crippen molar-refractivity contribution in [3.63, 3.8) is 0 Å². The lowest BCUT2D eigenvalue weighted by atomic mass is 10.1. The Balaban J connectivity index is 1.93. The summed E-state index contributed by atoms with van der Waals surface area (Å²) in [7, 11) is 1.67. The molecule has 0 bridgehead atoms. The van der Waals surface area contributed by atoms with E-state index in [4.69, 9.17) is 0 Å². The van der Waals surface area contributed by atoms with Gasteiger partial charge in [-0.3, -0.25) is 9.69 Å². The number of hydrogen-bond acceptors (Lipinski definition) is 3. The molecular weight excluding hydrogens is 436 g/mol. The molecule has 1 heterocycles. The third kappa shape index (κ3) is 5.35. The number of halogens is 6. The Kier molecular flexibility index (Phi) is 6.73. The number of hydrogen-bond donors (Lipinski definition) is 1. The summed E-state index contributed by atoms with van der Waals surface area (Å²) < 4.78 is 79.3. The van der Waals surface area contributed by atoms with E-state index in [1.807, 2.05) is 6.92 Å². The number of anilines is 2. The number of carbonyl (C=O) groups excluding carboxylic acids is 1. The van der Waals surface area contributed by atoms with E-state index in [-0.39, 0.29) is 23.1 Å². The fourth-order valence-electron chi connectivity index (χ4n) is 3.87. The average molecular weight is 459 g/mol. The predicted octanol–water partition coefficient (Wildman–Crippen LogP) is 5.85. The van der Waals surface area contributed by atoms with Crippen molar-refractivity contribution in [3.05, 3.63) is 59.2 Å². The zero-order valence-electron chi connectivity index (χ0n) is 17.5. The Labute approximate surface area is 181 Å². The number of nitrogens with one attached hydrogen (secondary N) is 1. The lowest BCUT2D eigenvalue weighted by Gasteiger charge is -2.34. The summed E-state index contributed by atoms with van der Waals surface area (Å²) in [6.45, 7) is 3.52. The monoisotopic (exact) mass is 459 g/mol. The predicted molar refractivity (Wildman–Crippen MR) is 110 cm³/mol. The van der Waals surface area contributed by atoms with Crippen LogP contribution in [0.5, 0.6) is 0 Å². The summed E-state index contributed by atoms with van der Waals surface area (Å²) in [4.78, 5) is 16.5. The SMILES string of the molecule is CCN1CCC[C@@H]1N(C)c1cc(C(=O)Nc2cccc(C(F)(F)F)c2)cc(C(F)(F)F)c1. The quantitative estimate of drug-likeness (QED) is 0.570. The maximum absolute atomic E-state index is 13.5. The summed E-state index contributed by atoms with van der Waals surface area (Å²) in [6, 6.07) is 6.93. The van der Waals surface area contributed by atoms with Crippen LogP contribution in [0.2, 0.25) is 0 Å². The molecule has 1 aliphatic rings. The molecule has 32 heavy (non-hydrogen) atoms.